The van der Waals surface area contributed by atoms with E-state index in [4.69, 9.17) is 0 Å². The Kier molecular flexibility index (Phi) is 3.30. The second-order valence-electron chi connectivity index (χ2n) is 4.58. The van der Waals surface area contributed by atoms with Crippen LogP contribution in [0.2, 0.25) is 0 Å². The smallest absolute Gasteiger partial charge is 0.159 e. The first-order valence-electron chi connectivity index (χ1n) is 5.18. The minimum absolute atomic E-state index is 0.0128. The molecule has 0 atom stereocenters. The fourth-order valence-electron chi connectivity index (χ4n) is 2.13. The van der Waals surface area contributed by atoms with Gasteiger partial charge in [0.15, 0.2) is 5.78 Å². The Morgan fingerprint density at radius 1 is 1.57 bits per heavy atom. The zero-order valence-corrected chi connectivity index (χ0v) is 9.55. The van der Waals surface area contributed by atoms with Crippen molar-refractivity contribution in [2.45, 2.75) is 40.5 Å². The lowest BCUT2D eigenvalue weighted by Gasteiger charge is -2.30. The zero-order valence-electron chi connectivity index (χ0n) is 9.55. The van der Waals surface area contributed by atoms with Gasteiger partial charge in [-0.15, -0.1) is 0 Å². The van der Waals surface area contributed by atoms with Crippen molar-refractivity contribution in [3.05, 3.63) is 29.7 Å². The average molecular weight is 191 g/mol. The molecule has 1 aliphatic rings. The first-order valence-corrected chi connectivity index (χ1v) is 5.18. The van der Waals surface area contributed by atoms with Gasteiger partial charge in [-0.05, 0) is 30.8 Å². The number of carbonyl (C=O) groups excluding carboxylic acids is 1. The molecule has 0 saturated carbocycles. The Labute approximate surface area is 86.9 Å². The van der Waals surface area contributed by atoms with Crippen LogP contribution in [0.15, 0.2) is 23.3 Å². The third kappa shape index (κ3) is 2.14. The van der Waals surface area contributed by atoms with Crippen LogP contribution in [0.5, 0.6) is 0 Å². The Morgan fingerprint density at radius 3 is 2.71 bits per heavy atom. The highest BCUT2D eigenvalue weighted by molar-refractivity contribution is 5.98. The lowest BCUT2D eigenvalue weighted by molar-refractivity contribution is -0.116. The van der Waals surface area contributed by atoms with Gasteiger partial charge in [0, 0.05) is 12.0 Å². The summed E-state index contributed by atoms with van der Waals surface area (Å²) in [5.41, 5.74) is 2.16. The molecule has 0 aromatic heterocycles. The molecule has 1 heteroatoms. The van der Waals surface area contributed by atoms with Gasteiger partial charge in [0.25, 0.3) is 0 Å². The standard InChI is InChI=1S/C13H19O/c1-5-7-11(14)12-10(2)8-6-9-13(12,3)4/h5-6,8H,7,9H2,1-4H3. The maximum absolute atomic E-state index is 11.9. The second kappa shape index (κ2) is 4.12. The molecule has 14 heavy (non-hydrogen) atoms. The van der Waals surface area contributed by atoms with E-state index >= 15 is 0 Å². The van der Waals surface area contributed by atoms with Crippen LogP contribution in [-0.2, 0) is 4.79 Å². The van der Waals surface area contributed by atoms with Crippen LogP contribution in [0.4, 0.5) is 0 Å². The van der Waals surface area contributed by atoms with Crippen molar-refractivity contribution < 1.29 is 4.79 Å². The Balaban J connectivity index is 3.01. The van der Waals surface area contributed by atoms with Crippen LogP contribution >= 0.6 is 0 Å². The lowest BCUT2D eigenvalue weighted by Crippen LogP contribution is -2.24. The van der Waals surface area contributed by atoms with Crippen LogP contribution < -0.4 is 0 Å². The molecule has 77 valence electrons. The molecule has 1 radical (unpaired) electrons. The van der Waals surface area contributed by atoms with E-state index in [0.717, 1.165) is 17.6 Å². The van der Waals surface area contributed by atoms with Crippen molar-refractivity contribution in [2.75, 3.05) is 0 Å². The number of ketones is 1. The molecule has 0 heterocycles. The molecule has 1 rings (SSSR count). The topological polar surface area (TPSA) is 17.1 Å². The Morgan fingerprint density at radius 2 is 2.21 bits per heavy atom. The van der Waals surface area contributed by atoms with Crippen molar-refractivity contribution in [1.29, 1.82) is 0 Å². The third-order valence-electron chi connectivity index (χ3n) is 2.74. The summed E-state index contributed by atoms with van der Waals surface area (Å²) in [5, 5.41) is 0. The van der Waals surface area contributed by atoms with Gasteiger partial charge in [0.1, 0.15) is 0 Å². The number of hydrogen-bond acceptors (Lipinski definition) is 1. The third-order valence-corrected chi connectivity index (χ3v) is 2.74. The molecule has 0 fully saturated rings. The maximum atomic E-state index is 11.9. The van der Waals surface area contributed by atoms with Crippen molar-refractivity contribution in [2.24, 2.45) is 5.41 Å². The number of allylic oxidation sites excluding steroid dienone is 4. The van der Waals surface area contributed by atoms with Crippen LogP contribution in [-0.4, -0.2) is 5.78 Å². The predicted molar refractivity (Wildman–Crippen MR) is 59.8 cm³/mol. The molecule has 0 bridgehead atoms. The van der Waals surface area contributed by atoms with E-state index in [1.807, 2.05) is 20.3 Å². The lowest BCUT2D eigenvalue weighted by atomic mass is 9.73. The zero-order chi connectivity index (χ0) is 10.8. The molecule has 1 nitrogen and oxygen atoms in total. The van der Waals surface area contributed by atoms with E-state index in [1.54, 1.807) is 0 Å². The number of Topliss-reactive ketones (excluding diaryl/α,β-unsaturated/α-hetero) is 1. The highest BCUT2D eigenvalue weighted by Crippen LogP contribution is 2.37. The molecule has 1 aliphatic carbocycles. The van der Waals surface area contributed by atoms with E-state index in [2.05, 4.69) is 26.0 Å². The summed E-state index contributed by atoms with van der Waals surface area (Å²) in [7, 11) is 0. The van der Waals surface area contributed by atoms with Gasteiger partial charge in [0.2, 0.25) is 0 Å². The molecular weight excluding hydrogens is 172 g/mol. The molecular formula is C13H19O. The van der Waals surface area contributed by atoms with Crippen molar-refractivity contribution >= 4 is 5.78 Å². The average Bonchev–Trinajstić information content (AvgIpc) is 2.02. The van der Waals surface area contributed by atoms with Crippen LogP contribution in [0, 0.1) is 11.8 Å². The molecule has 0 unspecified atom stereocenters. The van der Waals surface area contributed by atoms with Gasteiger partial charge in [-0.2, -0.15) is 0 Å². The second-order valence-corrected chi connectivity index (χ2v) is 4.58. The largest absolute Gasteiger partial charge is 0.295 e. The number of rotatable bonds is 3. The van der Waals surface area contributed by atoms with Crippen molar-refractivity contribution in [3.63, 3.8) is 0 Å². The highest BCUT2D eigenvalue weighted by Gasteiger charge is 2.30. The number of hydrogen-bond donors (Lipinski definition) is 0. The van der Waals surface area contributed by atoms with Crippen molar-refractivity contribution in [1.82, 2.24) is 0 Å². The van der Waals surface area contributed by atoms with Gasteiger partial charge in [0.05, 0.1) is 0 Å². The van der Waals surface area contributed by atoms with E-state index in [-0.39, 0.29) is 11.2 Å². The highest BCUT2D eigenvalue weighted by atomic mass is 16.1. The monoisotopic (exact) mass is 191 g/mol. The van der Waals surface area contributed by atoms with Crippen LogP contribution in [0.25, 0.3) is 0 Å². The minimum atomic E-state index is 0.0128. The summed E-state index contributed by atoms with van der Waals surface area (Å²) in [6.45, 7) is 8.24. The van der Waals surface area contributed by atoms with Crippen molar-refractivity contribution in [3.8, 4) is 0 Å². The van der Waals surface area contributed by atoms with Gasteiger partial charge >= 0.3 is 0 Å². The summed E-state index contributed by atoms with van der Waals surface area (Å²) >= 11 is 0. The van der Waals surface area contributed by atoms with Gasteiger partial charge in [-0.3, -0.25) is 4.79 Å². The van der Waals surface area contributed by atoms with Gasteiger partial charge in [-0.1, -0.05) is 32.9 Å². The molecule has 0 aromatic carbocycles. The molecule has 0 N–H and O–H groups in total. The first kappa shape index (κ1) is 11.2. The molecule has 0 aliphatic heterocycles. The van der Waals surface area contributed by atoms with Gasteiger partial charge < -0.3 is 0 Å². The Hall–Kier alpha value is -0.850. The predicted octanol–water partition coefficient (Wildman–Crippen LogP) is 3.47. The summed E-state index contributed by atoms with van der Waals surface area (Å²) < 4.78 is 0. The summed E-state index contributed by atoms with van der Waals surface area (Å²) in [5.74, 6) is 0.277. The van der Waals surface area contributed by atoms with E-state index in [1.165, 1.54) is 0 Å². The molecule has 0 amide bonds. The summed E-state index contributed by atoms with van der Waals surface area (Å²) in [6, 6.07) is 0. The van der Waals surface area contributed by atoms with E-state index < -0.39 is 0 Å². The molecule has 0 saturated heterocycles. The van der Waals surface area contributed by atoms with Gasteiger partial charge in [-0.25, -0.2) is 0 Å². The van der Waals surface area contributed by atoms with E-state index in [9.17, 15) is 4.79 Å². The quantitative estimate of drug-likeness (QED) is 0.667. The maximum Gasteiger partial charge on any atom is 0.159 e. The summed E-state index contributed by atoms with van der Waals surface area (Å²) in [4.78, 5) is 11.9. The van der Waals surface area contributed by atoms with E-state index in [0.29, 0.717) is 6.42 Å². The minimum Gasteiger partial charge on any atom is -0.295 e. The summed E-state index contributed by atoms with van der Waals surface area (Å²) in [6.07, 6.45) is 7.67. The number of carbonyl (C=O) groups is 1. The normalized spacial score (nSPS) is 20.0. The molecule has 0 aromatic rings. The van der Waals surface area contributed by atoms with Crippen LogP contribution in [0.3, 0.4) is 0 Å². The van der Waals surface area contributed by atoms with Crippen LogP contribution in [0.1, 0.15) is 40.5 Å². The first-order chi connectivity index (χ1) is 6.49. The SMILES string of the molecule is C[CH]CC(=O)C1=C(C)C=CCC1(C)C. The molecule has 0 spiro atoms. The fraction of sp³-hybridized carbons (Fsp3) is 0.538. The fourth-order valence-corrected chi connectivity index (χ4v) is 2.13. The Bertz CT molecular complexity index is 292.